The van der Waals surface area contributed by atoms with Crippen molar-refractivity contribution >= 4 is 0 Å². The Labute approximate surface area is 75.9 Å². The van der Waals surface area contributed by atoms with Gasteiger partial charge in [0, 0.05) is 7.11 Å². The van der Waals surface area contributed by atoms with E-state index in [2.05, 4.69) is 0 Å². The van der Waals surface area contributed by atoms with Crippen LogP contribution in [-0.4, -0.2) is 7.11 Å². The van der Waals surface area contributed by atoms with Gasteiger partial charge in [0.05, 0.1) is 12.5 Å². The number of furan rings is 2. The second-order valence-electron chi connectivity index (χ2n) is 2.65. The number of rotatable bonds is 3. The fraction of sp³-hybridized carbons (Fsp3) is 0.200. The highest BCUT2D eigenvalue weighted by molar-refractivity contribution is 5.15. The molecule has 0 aliphatic carbocycles. The highest BCUT2D eigenvalue weighted by Gasteiger charge is 2.18. The average molecular weight is 178 g/mol. The summed E-state index contributed by atoms with van der Waals surface area (Å²) in [5, 5.41) is 0. The quantitative estimate of drug-likeness (QED) is 0.724. The fourth-order valence-corrected chi connectivity index (χ4v) is 1.25. The molecule has 0 bridgehead atoms. The van der Waals surface area contributed by atoms with Gasteiger partial charge in [-0.05, 0) is 24.3 Å². The van der Waals surface area contributed by atoms with Crippen molar-refractivity contribution in [1.29, 1.82) is 0 Å². The topological polar surface area (TPSA) is 35.5 Å². The molecule has 0 aliphatic rings. The van der Waals surface area contributed by atoms with Crippen LogP contribution in [0, 0.1) is 0 Å². The number of methoxy groups -OCH3 is 1. The van der Waals surface area contributed by atoms with Crippen LogP contribution in [0.15, 0.2) is 45.6 Å². The van der Waals surface area contributed by atoms with Crippen molar-refractivity contribution in [3.63, 3.8) is 0 Å². The highest BCUT2D eigenvalue weighted by Crippen LogP contribution is 2.25. The lowest BCUT2D eigenvalue weighted by molar-refractivity contribution is 0.0974. The van der Waals surface area contributed by atoms with Crippen LogP contribution in [0.25, 0.3) is 0 Å². The van der Waals surface area contributed by atoms with E-state index in [4.69, 9.17) is 13.6 Å². The van der Waals surface area contributed by atoms with E-state index >= 15 is 0 Å². The maximum absolute atomic E-state index is 5.25. The minimum absolute atomic E-state index is 0.245. The minimum Gasteiger partial charge on any atom is -0.466 e. The van der Waals surface area contributed by atoms with E-state index < -0.39 is 0 Å². The van der Waals surface area contributed by atoms with E-state index in [1.807, 2.05) is 24.3 Å². The molecule has 0 saturated heterocycles. The molecule has 0 atom stereocenters. The molecule has 0 radical (unpaired) electrons. The van der Waals surface area contributed by atoms with Crippen molar-refractivity contribution in [2.75, 3.05) is 7.11 Å². The maximum Gasteiger partial charge on any atom is 0.172 e. The van der Waals surface area contributed by atoms with Gasteiger partial charge in [0.2, 0.25) is 0 Å². The summed E-state index contributed by atoms with van der Waals surface area (Å²) in [6, 6.07) is 7.36. The smallest absolute Gasteiger partial charge is 0.172 e. The Hall–Kier alpha value is -1.48. The lowest BCUT2D eigenvalue weighted by Crippen LogP contribution is -2.00. The zero-order valence-corrected chi connectivity index (χ0v) is 7.27. The Morgan fingerprint density at radius 2 is 1.62 bits per heavy atom. The van der Waals surface area contributed by atoms with Gasteiger partial charge in [0.1, 0.15) is 11.5 Å². The molecule has 0 aliphatic heterocycles. The van der Waals surface area contributed by atoms with E-state index in [9.17, 15) is 0 Å². The van der Waals surface area contributed by atoms with Gasteiger partial charge in [-0.25, -0.2) is 0 Å². The molecule has 3 nitrogen and oxygen atoms in total. The van der Waals surface area contributed by atoms with Crippen LogP contribution >= 0.6 is 0 Å². The van der Waals surface area contributed by atoms with Crippen molar-refractivity contribution in [2.24, 2.45) is 0 Å². The van der Waals surface area contributed by atoms with Gasteiger partial charge in [-0.1, -0.05) is 0 Å². The first kappa shape index (κ1) is 8.13. The summed E-state index contributed by atoms with van der Waals surface area (Å²) in [6.45, 7) is 0. The number of ether oxygens (including phenoxy) is 1. The summed E-state index contributed by atoms with van der Waals surface area (Å²) >= 11 is 0. The molecule has 2 heterocycles. The third-order valence-electron chi connectivity index (χ3n) is 1.84. The van der Waals surface area contributed by atoms with Crippen molar-refractivity contribution in [2.45, 2.75) is 6.10 Å². The number of hydrogen-bond acceptors (Lipinski definition) is 3. The predicted octanol–water partition coefficient (Wildman–Crippen LogP) is 2.61. The molecule has 0 amide bonds. The molecular weight excluding hydrogens is 168 g/mol. The van der Waals surface area contributed by atoms with E-state index in [0.29, 0.717) is 0 Å². The fourth-order valence-electron chi connectivity index (χ4n) is 1.25. The lowest BCUT2D eigenvalue weighted by Gasteiger charge is -2.08. The second kappa shape index (κ2) is 3.49. The molecule has 13 heavy (non-hydrogen) atoms. The van der Waals surface area contributed by atoms with Gasteiger partial charge in [0.15, 0.2) is 6.10 Å². The summed E-state index contributed by atoms with van der Waals surface area (Å²) in [7, 11) is 1.62. The minimum atomic E-state index is -0.245. The predicted molar refractivity (Wildman–Crippen MR) is 46.3 cm³/mol. The van der Waals surface area contributed by atoms with Crippen LogP contribution in [0.1, 0.15) is 17.6 Å². The zero-order valence-electron chi connectivity index (χ0n) is 7.27. The Morgan fingerprint density at radius 1 is 1.08 bits per heavy atom. The summed E-state index contributed by atoms with van der Waals surface area (Å²) in [5.41, 5.74) is 0. The first-order valence-corrected chi connectivity index (χ1v) is 4.01. The molecule has 2 aromatic heterocycles. The Morgan fingerprint density at radius 3 is 1.92 bits per heavy atom. The van der Waals surface area contributed by atoms with Crippen LogP contribution in [-0.2, 0) is 4.74 Å². The van der Waals surface area contributed by atoms with Gasteiger partial charge < -0.3 is 13.6 Å². The molecule has 0 N–H and O–H groups in total. The van der Waals surface area contributed by atoms with Crippen LogP contribution in [0.3, 0.4) is 0 Å². The molecule has 0 spiro atoms. The van der Waals surface area contributed by atoms with Gasteiger partial charge in [-0.3, -0.25) is 0 Å². The molecule has 0 aromatic carbocycles. The Balaban J connectivity index is 2.29. The largest absolute Gasteiger partial charge is 0.466 e. The third kappa shape index (κ3) is 1.51. The van der Waals surface area contributed by atoms with E-state index in [1.54, 1.807) is 19.6 Å². The lowest BCUT2D eigenvalue weighted by atomic mass is 10.2. The summed E-state index contributed by atoms with van der Waals surface area (Å²) < 4.78 is 15.7. The molecule has 0 fully saturated rings. The average Bonchev–Trinajstić information content (AvgIpc) is 2.76. The van der Waals surface area contributed by atoms with Gasteiger partial charge in [-0.15, -0.1) is 0 Å². The Bertz CT molecular complexity index is 300. The normalized spacial score (nSPS) is 10.9. The summed E-state index contributed by atoms with van der Waals surface area (Å²) in [5.74, 6) is 1.50. The zero-order chi connectivity index (χ0) is 9.10. The second-order valence-corrected chi connectivity index (χ2v) is 2.65. The maximum atomic E-state index is 5.25. The SMILES string of the molecule is COC(c1ccco1)c1ccco1. The van der Waals surface area contributed by atoms with Crippen molar-refractivity contribution in [3.05, 3.63) is 48.3 Å². The van der Waals surface area contributed by atoms with Gasteiger partial charge in [-0.2, -0.15) is 0 Å². The highest BCUT2D eigenvalue weighted by atomic mass is 16.5. The van der Waals surface area contributed by atoms with E-state index in [0.717, 1.165) is 11.5 Å². The molecule has 3 heteroatoms. The summed E-state index contributed by atoms with van der Waals surface area (Å²) in [6.07, 6.45) is 2.99. The standard InChI is InChI=1S/C10H10O3/c1-11-10(8-4-2-6-12-8)9-5-3-7-13-9/h2-7,10H,1H3. The van der Waals surface area contributed by atoms with Gasteiger partial charge in [0.25, 0.3) is 0 Å². The summed E-state index contributed by atoms with van der Waals surface area (Å²) in [4.78, 5) is 0. The van der Waals surface area contributed by atoms with Crippen LogP contribution in [0.2, 0.25) is 0 Å². The van der Waals surface area contributed by atoms with Gasteiger partial charge >= 0.3 is 0 Å². The first-order chi connectivity index (χ1) is 6.42. The van der Waals surface area contributed by atoms with Crippen LogP contribution in [0.4, 0.5) is 0 Å². The molecule has 0 saturated carbocycles. The molecule has 2 rings (SSSR count). The molecule has 0 unspecified atom stereocenters. The molecule has 2 aromatic rings. The van der Waals surface area contributed by atoms with Crippen LogP contribution < -0.4 is 0 Å². The van der Waals surface area contributed by atoms with Crippen LogP contribution in [0.5, 0.6) is 0 Å². The number of hydrogen-bond donors (Lipinski definition) is 0. The third-order valence-corrected chi connectivity index (χ3v) is 1.84. The van der Waals surface area contributed by atoms with E-state index in [-0.39, 0.29) is 6.10 Å². The van der Waals surface area contributed by atoms with Crippen molar-refractivity contribution < 1.29 is 13.6 Å². The van der Waals surface area contributed by atoms with Crippen molar-refractivity contribution in [3.8, 4) is 0 Å². The molecular formula is C10H10O3. The van der Waals surface area contributed by atoms with E-state index in [1.165, 1.54) is 0 Å². The van der Waals surface area contributed by atoms with Crippen molar-refractivity contribution in [1.82, 2.24) is 0 Å². The Kier molecular flexibility index (Phi) is 2.19. The monoisotopic (exact) mass is 178 g/mol. The first-order valence-electron chi connectivity index (χ1n) is 4.01. The molecule has 68 valence electrons.